The molecule has 98 heavy (non-hydrogen) atoms. The average Bonchev–Trinajstić information content (AvgIpc) is 1.56. The third kappa shape index (κ3) is 32.9. The quantitative estimate of drug-likeness (QED) is 0.0150. The van der Waals surface area contributed by atoms with Gasteiger partial charge in [-0.1, -0.05) is 53.1 Å². The van der Waals surface area contributed by atoms with Gasteiger partial charge in [-0.05, 0) is 143 Å². The molecule has 1 aromatic rings. The number of azide groups is 3. The Labute approximate surface area is 570 Å². The number of carboxylic acid groups (broad SMARTS) is 3. The van der Waals surface area contributed by atoms with Gasteiger partial charge in [-0.3, -0.25) is 24.0 Å². The first-order valence-corrected chi connectivity index (χ1v) is 30.2. The molecule has 550 valence electrons. The van der Waals surface area contributed by atoms with Crippen molar-refractivity contribution in [3.8, 4) is 0 Å². The predicted octanol–water partition coefficient (Wildman–Crippen LogP) is 10.6. The number of amides is 3. The number of imide groups is 1. The molecule has 3 unspecified atom stereocenters. The van der Waals surface area contributed by atoms with Crippen LogP contribution >= 0.6 is 0 Å². The second-order valence-electron chi connectivity index (χ2n) is 24.5. The first-order valence-electron chi connectivity index (χ1n) is 30.2. The smallest absolute Gasteiger partial charge is 0.870 e. The fourth-order valence-electron chi connectivity index (χ4n) is 11.3. The fraction of sp³-hybridized carbons (Fsp3) is 0.763. The van der Waals surface area contributed by atoms with Crippen LogP contribution in [0.15, 0.2) is 45.7 Å². The summed E-state index contributed by atoms with van der Waals surface area (Å²) in [4.78, 5) is 98.0. The van der Waals surface area contributed by atoms with Crippen LogP contribution in [0.4, 0.5) is 53.5 Å². The summed E-state index contributed by atoms with van der Waals surface area (Å²) in [6.45, 7) is 4.77. The van der Waals surface area contributed by atoms with Gasteiger partial charge in [-0.2, -0.15) is 0 Å². The Kier molecular flexibility index (Phi) is 40.8. The van der Waals surface area contributed by atoms with Crippen molar-refractivity contribution in [3.63, 3.8) is 0 Å². The van der Waals surface area contributed by atoms with Gasteiger partial charge in [0.15, 0.2) is 0 Å². The number of halogens is 10. The summed E-state index contributed by atoms with van der Waals surface area (Å²) in [5.41, 5.74) is 31.1. The number of rotatable bonds is 16. The van der Waals surface area contributed by atoms with E-state index >= 15 is 0 Å². The van der Waals surface area contributed by atoms with Crippen LogP contribution in [0.25, 0.3) is 31.3 Å². The van der Waals surface area contributed by atoms with Crippen molar-refractivity contribution in [2.75, 3.05) is 20.8 Å². The summed E-state index contributed by atoms with van der Waals surface area (Å²) < 4.78 is 149. The monoisotopic (exact) mass is 1420 g/mol. The van der Waals surface area contributed by atoms with Crippen LogP contribution in [0, 0.1) is 29.6 Å². The number of nitrogens with two attached hydrogens (primary N) is 1. The Bertz CT molecular complexity index is 2810. The minimum Gasteiger partial charge on any atom is -0.870 e. The molecule has 5 aliphatic carbocycles. The van der Waals surface area contributed by atoms with Gasteiger partial charge >= 0.3 is 54.9 Å². The van der Waals surface area contributed by atoms with Crippen molar-refractivity contribution in [1.29, 1.82) is 0 Å². The molecule has 5 saturated carbocycles. The summed E-state index contributed by atoms with van der Waals surface area (Å²) in [5, 5.41) is 37.0. The molecule has 6 fully saturated rings. The van der Waals surface area contributed by atoms with Crippen molar-refractivity contribution in [1.82, 2.24) is 10.2 Å². The van der Waals surface area contributed by atoms with Gasteiger partial charge in [0.05, 0.1) is 20.3 Å². The van der Waals surface area contributed by atoms with Gasteiger partial charge in [-0.25, -0.2) is 63.2 Å². The van der Waals surface area contributed by atoms with E-state index in [-0.39, 0.29) is 172 Å². The fourth-order valence-corrected chi connectivity index (χ4v) is 11.3. The standard InChI is InChI=1S/C18H20F2N4O3.C13H21F2NO4.C9H13F2N3O2.C9H15F2NO2.C8H11F2N3O2.CH2O2.CH4.Li.H2O/c19-18(20)8-6-13(7-9-18)15(22-23-21)16(25)24-14(11-27-17(24)26)10-12-4-2-1-3-5-12;1-12(2,3)20-11(19)16-9(10(17)18)8-4-6-13(14,15)7-5-8;1-16-8(15)7(13-14-12)6-2-4-9(10,11)5-3-6;1-14-8(13)7(12)6-2-4-9(10,11)5-3-6;9-8(10)3-1-5(2-4-8)6(7(14)15)12-13-11;2-1-3;;;/h1-5,13-15H,6-11H2;8-9H,4-7H2,1-3H3,(H,16,19)(H,17,18);6-7H,2-5H2,1H3;6-7H,2-5,12H2,1H3;5-6H,1-4H2,(H,14,15);1H,(H,2,3);1H4;;1H2/q;;;;;;;+1;/p-1/t14-,15-;;;7-;;;;;/m0..0...../s1. The number of nitrogens with zero attached hydrogens (tertiary/aromatic N) is 10. The third-order valence-corrected chi connectivity index (χ3v) is 16.5. The number of esters is 2. The van der Waals surface area contributed by atoms with Crippen LogP contribution in [0.3, 0.4) is 0 Å². The topological polar surface area (TPSA) is 452 Å². The van der Waals surface area contributed by atoms with Crippen molar-refractivity contribution < 1.29 is 141 Å². The zero-order valence-electron chi connectivity index (χ0n) is 54.4. The Balaban J connectivity index is 0. The Morgan fingerprint density at radius 1 is 0.633 bits per heavy atom. The van der Waals surface area contributed by atoms with E-state index in [9.17, 15) is 77.5 Å². The molecule has 7 N–H and O–H groups in total. The molecule has 0 bridgehead atoms. The van der Waals surface area contributed by atoms with Gasteiger partial charge in [-0.15, -0.1) is 0 Å². The molecule has 6 aliphatic rings. The zero-order chi connectivity index (χ0) is 72.1. The molecular formula is C59H87F10LiN12O16. The summed E-state index contributed by atoms with van der Waals surface area (Å²) in [6.07, 6.45) is -2.84. The molecule has 0 spiro atoms. The number of cyclic esters (lactones) is 1. The Morgan fingerprint density at radius 3 is 1.32 bits per heavy atom. The van der Waals surface area contributed by atoms with Crippen LogP contribution in [0.1, 0.15) is 162 Å². The second-order valence-corrected chi connectivity index (χ2v) is 24.5. The molecule has 28 nitrogen and oxygen atoms in total. The van der Waals surface area contributed by atoms with E-state index in [1.54, 1.807) is 20.8 Å². The normalized spacial score (nSPS) is 21.4. The largest absolute Gasteiger partial charge is 1.00 e. The van der Waals surface area contributed by atoms with Crippen molar-refractivity contribution in [2.24, 2.45) is 50.7 Å². The minimum atomic E-state index is -2.76. The molecule has 1 aliphatic heterocycles. The number of nitrogens with one attached hydrogen (secondary N) is 1. The first-order chi connectivity index (χ1) is 44.2. The van der Waals surface area contributed by atoms with E-state index < -0.39 is 131 Å². The molecular weight excluding hydrogens is 1330 g/mol. The van der Waals surface area contributed by atoms with E-state index in [4.69, 9.17) is 51.9 Å². The maximum atomic E-state index is 13.4. The second kappa shape index (κ2) is 43.1. The summed E-state index contributed by atoms with van der Waals surface area (Å²) >= 11 is 0. The molecule has 1 aromatic carbocycles. The van der Waals surface area contributed by atoms with E-state index in [0.29, 0.717) is 19.3 Å². The molecule has 39 heteroatoms. The molecule has 3 amide bonds. The molecule has 0 radical (unpaired) electrons. The van der Waals surface area contributed by atoms with Crippen LogP contribution in [0.2, 0.25) is 0 Å². The predicted molar refractivity (Wildman–Crippen MR) is 323 cm³/mol. The molecule has 6 atom stereocenters. The van der Waals surface area contributed by atoms with Gasteiger partial charge in [0.1, 0.15) is 42.4 Å². The van der Waals surface area contributed by atoms with Gasteiger partial charge < -0.3 is 50.8 Å². The molecule has 1 heterocycles. The number of carbonyl (C=O) groups excluding carboxylic acids is 5. The van der Waals surface area contributed by atoms with Gasteiger partial charge in [0.25, 0.3) is 6.47 Å². The van der Waals surface area contributed by atoms with Crippen LogP contribution in [0.5, 0.6) is 0 Å². The maximum Gasteiger partial charge on any atom is 1.00 e. The van der Waals surface area contributed by atoms with Gasteiger partial charge in [0.2, 0.25) is 35.5 Å². The Morgan fingerprint density at radius 2 is 0.969 bits per heavy atom. The summed E-state index contributed by atoms with van der Waals surface area (Å²) in [5.74, 6) is -19.8. The number of alkyl carbamates (subject to hydrolysis) is 1. The van der Waals surface area contributed by atoms with Crippen molar-refractivity contribution >= 4 is 48.4 Å². The number of carbonyl (C=O) groups is 8. The van der Waals surface area contributed by atoms with Crippen molar-refractivity contribution in [3.05, 3.63) is 67.2 Å². The van der Waals surface area contributed by atoms with Gasteiger partial charge in [0, 0.05) is 78.9 Å². The van der Waals surface area contributed by atoms with Crippen LogP contribution in [-0.2, 0) is 54.1 Å². The maximum absolute atomic E-state index is 13.4. The van der Waals surface area contributed by atoms with E-state index in [1.807, 2.05) is 30.3 Å². The number of carboxylic acids is 2. The average molecular weight is 1420 g/mol. The SMILES string of the molecule is C.CC(C)(C)OC(=O)NC(C(=O)O)C1CCC(F)(F)CC1.COC(=O)C(N=[N+]=[N-])C1CCC(F)(F)CC1.COC(=O)[C@@H](N)C1CCC(F)(F)CC1.O=CO.[Li+].[N-]=[N+]=NC(C(=O)O)C1CCC(F)(F)CC1.[N-]=[N+]=N[C@H](C(=O)N1C(=O)OC[C@@H]1Cc1ccccc1)C1CCC(F)(F)CC1.[OH-]. The van der Waals surface area contributed by atoms with Crippen molar-refractivity contribution in [2.45, 2.75) is 234 Å². The summed E-state index contributed by atoms with van der Waals surface area (Å²) in [6, 6.07) is 3.46. The van der Waals surface area contributed by atoms with E-state index in [2.05, 4.69) is 44.9 Å². The number of ether oxygens (including phenoxy) is 4. The number of hydrogen-bond donors (Lipinski definition) is 5. The number of hydrogen-bond acceptors (Lipinski definition) is 17. The Hall–Kier alpha value is -7.47. The van der Waals surface area contributed by atoms with Crippen LogP contribution < -0.4 is 29.9 Å². The minimum absolute atomic E-state index is 0. The summed E-state index contributed by atoms with van der Waals surface area (Å²) in [7, 11) is 2.43. The van der Waals surface area contributed by atoms with E-state index in [1.165, 1.54) is 14.2 Å². The third-order valence-electron chi connectivity index (χ3n) is 16.5. The zero-order valence-corrected chi connectivity index (χ0v) is 54.4. The molecule has 7 rings (SSSR count). The molecule has 0 aromatic heterocycles. The molecule has 1 saturated heterocycles. The van der Waals surface area contributed by atoms with E-state index in [0.717, 1.165) is 10.5 Å². The number of benzene rings is 1. The number of alkyl halides is 10. The number of aliphatic carboxylic acids is 2. The number of methoxy groups -OCH3 is 2. The van der Waals surface area contributed by atoms with Crippen LogP contribution in [-0.4, -0.2) is 166 Å². The first kappa shape index (κ1) is 92.6.